The molecule has 0 saturated carbocycles. The first-order chi connectivity index (χ1) is 19.1. The Morgan fingerprint density at radius 2 is 1.69 bits per heavy atom. The Labute approximate surface area is 226 Å². The molecular weight excluding hydrogens is 488 g/mol. The summed E-state index contributed by atoms with van der Waals surface area (Å²) in [4.78, 5) is 21.9. The van der Waals surface area contributed by atoms with Gasteiger partial charge in [-0.1, -0.05) is 47.6 Å². The Morgan fingerprint density at radius 3 is 2.44 bits per heavy atom. The van der Waals surface area contributed by atoms with Gasteiger partial charge in [-0.05, 0) is 42.0 Å². The normalized spacial score (nSPS) is 16.6. The summed E-state index contributed by atoms with van der Waals surface area (Å²) in [6, 6.07) is 26.7. The Hall–Kier alpha value is -4.60. The lowest BCUT2D eigenvalue weighted by atomic mass is 9.74. The molecule has 2 fully saturated rings. The van der Waals surface area contributed by atoms with Crippen LogP contribution in [0.3, 0.4) is 0 Å². The van der Waals surface area contributed by atoms with E-state index in [2.05, 4.69) is 62.7 Å². The van der Waals surface area contributed by atoms with E-state index in [0.717, 1.165) is 72.2 Å². The number of benzene rings is 2. The highest BCUT2D eigenvalue weighted by Crippen LogP contribution is 2.40. The van der Waals surface area contributed by atoms with Crippen molar-refractivity contribution in [2.24, 2.45) is 10.6 Å². The van der Waals surface area contributed by atoms with Crippen molar-refractivity contribution in [2.75, 3.05) is 31.9 Å². The number of hydroxylamine groups is 2. The molecule has 0 aliphatic carbocycles. The molecule has 5 aromatic rings. The van der Waals surface area contributed by atoms with Crippen LogP contribution in [0.25, 0.3) is 39.5 Å². The highest BCUT2D eigenvalue weighted by molar-refractivity contribution is 5.84. The van der Waals surface area contributed by atoms with Crippen LogP contribution in [0.5, 0.6) is 0 Å². The maximum Gasteiger partial charge on any atom is 0.165 e. The van der Waals surface area contributed by atoms with Crippen molar-refractivity contribution < 1.29 is 4.94 Å². The minimum Gasteiger partial charge on any atom is -0.383 e. The van der Waals surface area contributed by atoms with Gasteiger partial charge in [0.05, 0.1) is 11.3 Å². The predicted octanol–water partition coefficient (Wildman–Crippen LogP) is 4.40. The Balaban J connectivity index is 1.20. The van der Waals surface area contributed by atoms with Gasteiger partial charge in [0.25, 0.3) is 0 Å². The van der Waals surface area contributed by atoms with Crippen molar-refractivity contribution in [3.05, 3.63) is 90.6 Å². The SMILES string of the molecule is C=NON1CC2(CN(Cc3ccc(-n4c(-c5cccnc5N)nc5ccc(-c6ccccc6)nc54)cc3)C2)C1. The fourth-order valence-corrected chi connectivity index (χ4v) is 5.82. The molecule has 0 atom stereocenters. The number of rotatable bonds is 7. The van der Waals surface area contributed by atoms with Crippen molar-refractivity contribution >= 4 is 23.7 Å². The zero-order valence-electron chi connectivity index (χ0n) is 21.4. The van der Waals surface area contributed by atoms with Gasteiger partial charge in [0.1, 0.15) is 11.3 Å². The number of nitrogen functional groups attached to an aromatic ring is 1. The van der Waals surface area contributed by atoms with Crippen LogP contribution < -0.4 is 5.73 Å². The molecule has 2 N–H and O–H groups in total. The molecule has 0 bridgehead atoms. The molecule has 39 heavy (non-hydrogen) atoms. The van der Waals surface area contributed by atoms with Gasteiger partial charge in [-0.25, -0.2) is 15.0 Å². The van der Waals surface area contributed by atoms with Gasteiger partial charge in [0.15, 0.2) is 11.5 Å². The molecule has 0 radical (unpaired) electrons. The van der Waals surface area contributed by atoms with Crippen molar-refractivity contribution in [2.45, 2.75) is 6.54 Å². The molecule has 2 aliphatic heterocycles. The topological polar surface area (TPSA) is 97.7 Å². The number of hydrogen-bond acceptors (Lipinski definition) is 8. The van der Waals surface area contributed by atoms with Crippen LogP contribution >= 0.6 is 0 Å². The zero-order chi connectivity index (χ0) is 26.4. The first kappa shape index (κ1) is 23.5. The summed E-state index contributed by atoms with van der Waals surface area (Å²) in [5.74, 6) is 1.15. The first-order valence-corrected chi connectivity index (χ1v) is 13.0. The van der Waals surface area contributed by atoms with E-state index in [9.17, 15) is 0 Å². The summed E-state index contributed by atoms with van der Waals surface area (Å²) in [5.41, 5.74) is 13.2. The zero-order valence-corrected chi connectivity index (χ0v) is 21.4. The monoisotopic (exact) mass is 516 g/mol. The number of nitrogens with two attached hydrogens (primary N) is 1. The number of fused-ring (bicyclic) bond motifs is 1. The van der Waals surface area contributed by atoms with E-state index < -0.39 is 0 Å². The molecule has 7 rings (SSSR count). The number of imidazole rings is 1. The molecule has 1 spiro atoms. The number of oxime groups is 1. The molecule has 2 saturated heterocycles. The van der Waals surface area contributed by atoms with E-state index >= 15 is 0 Å². The van der Waals surface area contributed by atoms with Crippen molar-refractivity contribution in [3.63, 3.8) is 0 Å². The van der Waals surface area contributed by atoms with E-state index in [1.165, 1.54) is 5.56 Å². The molecule has 3 aromatic heterocycles. The predicted molar refractivity (Wildman–Crippen MR) is 152 cm³/mol. The molecule has 194 valence electrons. The van der Waals surface area contributed by atoms with Crippen molar-refractivity contribution in [1.82, 2.24) is 29.5 Å². The van der Waals surface area contributed by atoms with Crippen LogP contribution in [-0.4, -0.2) is 62.4 Å². The highest BCUT2D eigenvalue weighted by Gasteiger charge is 2.52. The van der Waals surface area contributed by atoms with Crippen LogP contribution in [0.1, 0.15) is 5.56 Å². The molecular formula is C30H28N8O. The van der Waals surface area contributed by atoms with Crippen LogP contribution in [-0.2, 0) is 11.5 Å². The van der Waals surface area contributed by atoms with Gasteiger partial charge in [-0.15, -0.1) is 5.06 Å². The van der Waals surface area contributed by atoms with E-state index in [1.54, 1.807) is 6.20 Å². The molecule has 0 amide bonds. The first-order valence-electron chi connectivity index (χ1n) is 13.0. The minimum absolute atomic E-state index is 0.334. The van der Waals surface area contributed by atoms with Crippen LogP contribution in [0.2, 0.25) is 0 Å². The molecule has 9 nitrogen and oxygen atoms in total. The lowest BCUT2D eigenvalue weighted by molar-refractivity contribution is -0.279. The number of likely N-dealkylation sites (tertiary alicyclic amines) is 1. The quantitative estimate of drug-likeness (QED) is 0.253. The van der Waals surface area contributed by atoms with Gasteiger partial charge < -0.3 is 5.73 Å². The Kier molecular flexibility index (Phi) is 5.61. The molecule has 2 aliphatic rings. The maximum absolute atomic E-state index is 6.30. The van der Waals surface area contributed by atoms with Gasteiger partial charge in [-0.3, -0.25) is 14.4 Å². The summed E-state index contributed by atoms with van der Waals surface area (Å²) in [5, 5.41) is 5.37. The summed E-state index contributed by atoms with van der Waals surface area (Å²) in [7, 11) is 0. The van der Waals surface area contributed by atoms with Gasteiger partial charge in [0, 0.05) is 62.3 Å². The number of pyridine rings is 2. The smallest absolute Gasteiger partial charge is 0.165 e. The van der Waals surface area contributed by atoms with Crippen LogP contribution in [0, 0.1) is 5.41 Å². The second kappa shape index (κ2) is 9.30. The minimum atomic E-state index is 0.334. The standard InChI is InChI=1S/C30H28N8O/c1-32-39-37-19-30(20-37)17-36(18-30)16-21-9-11-23(12-10-21)38-28(24-8-5-15-33-27(24)31)35-26-14-13-25(34-29(26)38)22-6-3-2-4-7-22/h2-15H,1,16-20H2,(H2,31,33). The highest BCUT2D eigenvalue weighted by atomic mass is 16.8. The second-order valence-electron chi connectivity index (χ2n) is 10.4. The van der Waals surface area contributed by atoms with Gasteiger partial charge in [0.2, 0.25) is 0 Å². The maximum atomic E-state index is 6.30. The van der Waals surface area contributed by atoms with Crippen LogP contribution in [0.4, 0.5) is 5.82 Å². The fourth-order valence-electron chi connectivity index (χ4n) is 5.82. The third-order valence-corrected chi connectivity index (χ3v) is 7.57. The third kappa shape index (κ3) is 4.21. The second-order valence-corrected chi connectivity index (χ2v) is 10.4. The van der Waals surface area contributed by atoms with Crippen LogP contribution in [0.15, 0.2) is 90.2 Å². The lowest BCUT2D eigenvalue weighted by Crippen LogP contribution is -2.71. The van der Waals surface area contributed by atoms with E-state index in [1.807, 2.05) is 47.5 Å². The average Bonchev–Trinajstić information content (AvgIpc) is 3.30. The summed E-state index contributed by atoms with van der Waals surface area (Å²) < 4.78 is 2.08. The van der Waals surface area contributed by atoms with E-state index in [0.29, 0.717) is 11.2 Å². The fraction of sp³-hybridized carbons (Fsp3) is 0.200. The molecule has 9 heteroatoms. The van der Waals surface area contributed by atoms with E-state index in [-0.39, 0.29) is 0 Å². The Bertz CT molecular complexity index is 1650. The summed E-state index contributed by atoms with van der Waals surface area (Å²) in [6.07, 6.45) is 1.69. The molecule has 2 aromatic carbocycles. The number of hydrogen-bond donors (Lipinski definition) is 1. The number of nitrogens with zero attached hydrogens (tertiary/aromatic N) is 7. The third-order valence-electron chi connectivity index (χ3n) is 7.57. The number of anilines is 1. The molecule has 0 unspecified atom stereocenters. The van der Waals surface area contributed by atoms with Crippen molar-refractivity contribution in [1.29, 1.82) is 0 Å². The number of aromatic nitrogens is 4. The van der Waals surface area contributed by atoms with Gasteiger partial charge in [-0.2, -0.15) is 0 Å². The lowest BCUT2D eigenvalue weighted by Gasteiger charge is -2.58. The van der Waals surface area contributed by atoms with Crippen molar-refractivity contribution in [3.8, 4) is 28.3 Å². The van der Waals surface area contributed by atoms with Gasteiger partial charge >= 0.3 is 0 Å². The largest absolute Gasteiger partial charge is 0.383 e. The average molecular weight is 517 g/mol. The Morgan fingerprint density at radius 1 is 0.897 bits per heavy atom. The molecule has 5 heterocycles. The van der Waals surface area contributed by atoms with E-state index in [4.69, 9.17) is 20.6 Å². The summed E-state index contributed by atoms with van der Waals surface area (Å²) in [6.45, 7) is 8.25. The summed E-state index contributed by atoms with van der Waals surface area (Å²) >= 11 is 0.